The molecule has 1 aliphatic rings. The van der Waals surface area contributed by atoms with Crippen LogP contribution in [0, 0.1) is 11.7 Å². The first-order valence-corrected chi connectivity index (χ1v) is 6.06. The number of carbonyl (C=O) groups is 1. The molecule has 18 heavy (non-hydrogen) atoms. The topological polar surface area (TPSA) is 35.5 Å². The first-order chi connectivity index (χ1) is 8.65. The molecular formula is C14H17FO3. The molecule has 1 aromatic rings. The van der Waals surface area contributed by atoms with Crippen LogP contribution in [0.25, 0.3) is 0 Å². The molecule has 0 N–H and O–H groups in total. The van der Waals surface area contributed by atoms with Crippen LogP contribution < -0.4 is 0 Å². The van der Waals surface area contributed by atoms with Crippen LogP contribution in [0.3, 0.4) is 0 Å². The zero-order valence-corrected chi connectivity index (χ0v) is 10.6. The molecule has 1 saturated heterocycles. The molecule has 1 fully saturated rings. The molecule has 0 aliphatic carbocycles. The number of benzene rings is 1. The minimum atomic E-state index is -0.576. The van der Waals surface area contributed by atoms with Crippen LogP contribution in [0.15, 0.2) is 24.3 Å². The van der Waals surface area contributed by atoms with E-state index >= 15 is 0 Å². The van der Waals surface area contributed by atoms with Gasteiger partial charge in [0, 0.05) is 0 Å². The highest BCUT2D eigenvalue weighted by Gasteiger charge is 2.51. The van der Waals surface area contributed by atoms with Crippen molar-refractivity contribution in [3.63, 3.8) is 0 Å². The minimum absolute atomic E-state index is 0.289. The first kappa shape index (κ1) is 13.0. The van der Waals surface area contributed by atoms with Crippen LogP contribution in [0.4, 0.5) is 4.39 Å². The van der Waals surface area contributed by atoms with E-state index in [1.807, 2.05) is 6.92 Å². The Balaban J connectivity index is 2.42. The third-order valence-corrected chi connectivity index (χ3v) is 3.69. The highest BCUT2D eigenvalue weighted by Crippen LogP contribution is 2.42. The lowest BCUT2D eigenvalue weighted by Gasteiger charge is -2.46. The lowest BCUT2D eigenvalue weighted by Crippen LogP contribution is -2.55. The molecule has 1 unspecified atom stereocenters. The van der Waals surface area contributed by atoms with Crippen molar-refractivity contribution in [2.24, 2.45) is 5.92 Å². The summed E-state index contributed by atoms with van der Waals surface area (Å²) in [5, 5.41) is 0. The minimum Gasteiger partial charge on any atom is -0.469 e. The monoisotopic (exact) mass is 252 g/mol. The molecule has 4 heteroatoms. The molecule has 3 nitrogen and oxygen atoms in total. The van der Waals surface area contributed by atoms with Gasteiger partial charge in [-0.3, -0.25) is 4.79 Å². The van der Waals surface area contributed by atoms with E-state index < -0.39 is 5.41 Å². The lowest BCUT2D eigenvalue weighted by molar-refractivity contribution is -0.161. The summed E-state index contributed by atoms with van der Waals surface area (Å²) in [6.45, 7) is 2.63. The van der Waals surface area contributed by atoms with Gasteiger partial charge in [-0.05, 0) is 18.1 Å². The van der Waals surface area contributed by atoms with E-state index in [-0.39, 0.29) is 17.7 Å². The largest absolute Gasteiger partial charge is 0.469 e. The SMILES string of the molecule is CCC(C(=O)OC)C1(c2ccccc2F)COC1. The van der Waals surface area contributed by atoms with Crippen molar-refractivity contribution in [1.29, 1.82) is 0 Å². The predicted octanol–water partition coefficient (Wildman–Crippen LogP) is 2.29. The van der Waals surface area contributed by atoms with Crippen molar-refractivity contribution in [1.82, 2.24) is 0 Å². The van der Waals surface area contributed by atoms with Crippen molar-refractivity contribution in [2.75, 3.05) is 20.3 Å². The van der Waals surface area contributed by atoms with Gasteiger partial charge in [0.2, 0.25) is 0 Å². The van der Waals surface area contributed by atoms with Gasteiger partial charge in [0.05, 0.1) is 31.7 Å². The number of methoxy groups -OCH3 is 1. The number of carbonyl (C=O) groups excluding carboxylic acids is 1. The molecule has 0 aromatic heterocycles. The number of ether oxygens (including phenoxy) is 2. The van der Waals surface area contributed by atoms with Gasteiger partial charge in [-0.1, -0.05) is 25.1 Å². The third kappa shape index (κ3) is 1.90. The van der Waals surface area contributed by atoms with Crippen molar-refractivity contribution < 1.29 is 18.7 Å². The van der Waals surface area contributed by atoms with Crippen LogP contribution in [0.1, 0.15) is 18.9 Å². The van der Waals surface area contributed by atoms with Gasteiger partial charge < -0.3 is 9.47 Å². The second-order valence-corrected chi connectivity index (χ2v) is 4.61. The molecular weight excluding hydrogens is 235 g/mol. The Bertz CT molecular complexity index is 440. The van der Waals surface area contributed by atoms with Gasteiger partial charge in [-0.2, -0.15) is 0 Å². The molecule has 1 aliphatic heterocycles. The molecule has 2 rings (SSSR count). The van der Waals surface area contributed by atoms with E-state index in [2.05, 4.69) is 0 Å². The van der Waals surface area contributed by atoms with Gasteiger partial charge >= 0.3 is 5.97 Å². The van der Waals surface area contributed by atoms with Gasteiger partial charge in [0.15, 0.2) is 0 Å². The summed E-state index contributed by atoms with van der Waals surface area (Å²) in [5.41, 5.74) is -0.0267. The van der Waals surface area contributed by atoms with E-state index in [0.717, 1.165) is 0 Å². The average molecular weight is 252 g/mol. The van der Waals surface area contributed by atoms with E-state index in [1.165, 1.54) is 13.2 Å². The highest BCUT2D eigenvalue weighted by molar-refractivity contribution is 5.75. The third-order valence-electron chi connectivity index (χ3n) is 3.69. The molecule has 0 spiro atoms. The van der Waals surface area contributed by atoms with Gasteiger partial charge in [0.25, 0.3) is 0 Å². The average Bonchev–Trinajstić information content (AvgIpc) is 2.34. The Morgan fingerprint density at radius 1 is 1.50 bits per heavy atom. The Labute approximate surface area is 106 Å². The van der Waals surface area contributed by atoms with Crippen LogP contribution in [0.2, 0.25) is 0 Å². The van der Waals surface area contributed by atoms with Crippen molar-refractivity contribution >= 4 is 5.97 Å². The maximum Gasteiger partial charge on any atom is 0.309 e. The number of halogens is 1. The van der Waals surface area contributed by atoms with E-state index in [0.29, 0.717) is 25.2 Å². The second kappa shape index (κ2) is 5.06. The second-order valence-electron chi connectivity index (χ2n) is 4.61. The molecule has 1 heterocycles. The fourth-order valence-corrected chi connectivity index (χ4v) is 2.66. The van der Waals surface area contributed by atoms with E-state index in [1.54, 1.807) is 18.2 Å². The van der Waals surface area contributed by atoms with Crippen molar-refractivity contribution in [3.8, 4) is 0 Å². The van der Waals surface area contributed by atoms with Gasteiger partial charge in [-0.15, -0.1) is 0 Å². The maximum atomic E-state index is 14.0. The Morgan fingerprint density at radius 3 is 2.61 bits per heavy atom. The fourth-order valence-electron chi connectivity index (χ4n) is 2.66. The molecule has 1 aromatic carbocycles. The number of rotatable bonds is 4. The van der Waals surface area contributed by atoms with E-state index in [4.69, 9.17) is 9.47 Å². The Kier molecular flexibility index (Phi) is 3.66. The van der Waals surface area contributed by atoms with Crippen LogP contribution in [-0.4, -0.2) is 26.3 Å². The van der Waals surface area contributed by atoms with Crippen LogP contribution in [0.5, 0.6) is 0 Å². The van der Waals surface area contributed by atoms with Gasteiger partial charge in [0.1, 0.15) is 5.82 Å². The molecule has 98 valence electrons. The molecule has 0 radical (unpaired) electrons. The molecule has 1 atom stereocenters. The van der Waals surface area contributed by atoms with Crippen LogP contribution in [-0.2, 0) is 19.7 Å². The quantitative estimate of drug-likeness (QED) is 0.771. The molecule has 0 saturated carbocycles. The number of esters is 1. The summed E-state index contributed by atoms with van der Waals surface area (Å²) in [4.78, 5) is 11.9. The first-order valence-electron chi connectivity index (χ1n) is 6.06. The summed E-state index contributed by atoms with van der Waals surface area (Å²) in [6.07, 6.45) is 0.602. The highest BCUT2D eigenvalue weighted by atomic mass is 19.1. The zero-order chi connectivity index (χ0) is 13.2. The number of hydrogen-bond acceptors (Lipinski definition) is 3. The maximum absolute atomic E-state index is 14.0. The standard InChI is InChI=1S/C14H17FO3/c1-3-10(13(16)17-2)14(8-18-9-14)11-6-4-5-7-12(11)15/h4-7,10H,3,8-9H2,1-2H3. The summed E-state index contributed by atoms with van der Waals surface area (Å²) < 4.78 is 24.0. The van der Waals surface area contributed by atoms with Crippen molar-refractivity contribution in [3.05, 3.63) is 35.6 Å². The summed E-state index contributed by atoms with van der Waals surface area (Å²) >= 11 is 0. The summed E-state index contributed by atoms with van der Waals surface area (Å²) in [6, 6.07) is 6.57. The molecule has 0 amide bonds. The lowest BCUT2D eigenvalue weighted by atomic mass is 9.67. The number of hydrogen-bond donors (Lipinski definition) is 0. The summed E-state index contributed by atoms with van der Waals surface area (Å²) in [7, 11) is 1.36. The Morgan fingerprint density at radius 2 is 2.17 bits per heavy atom. The Hall–Kier alpha value is -1.42. The van der Waals surface area contributed by atoms with E-state index in [9.17, 15) is 9.18 Å². The fraction of sp³-hybridized carbons (Fsp3) is 0.500. The normalized spacial score (nSPS) is 18.8. The van der Waals surface area contributed by atoms with Gasteiger partial charge in [-0.25, -0.2) is 4.39 Å². The predicted molar refractivity (Wildman–Crippen MR) is 64.7 cm³/mol. The summed E-state index contributed by atoms with van der Waals surface area (Å²) in [5.74, 6) is -0.958. The van der Waals surface area contributed by atoms with Crippen molar-refractivity contribution in [2.45, 2.75) is 18.8 Å². The molecule has 0 bridgehead atoms. The smallest absolute Gasteiger partial charge is 0.309 e. The zero-order valence-electron chi connectivity index (χ0n) is 10.6. The van der Waals surface area contributed by atoms with Crippen LogP contribution >= 0.6 is 0 Å².